The molecule has 0 radical (unpaired) electrons. The Bertz CT molecular complexity index is 1100. The van der Waals surface area contributed by atoms with E-state index in [0.717, 1.165) is 16.7 Å². The molecule has 10 heteroatoms. The highest BCUT2D eigenvalue weighted by Gasteiger charge is 2.34. The zero-order valence-corrected chi connectivity index (χ0v) is 19.6. The first kappa shape index (κ1) is 23.7. The van der Waals surface area contributed by atoms with Crippen molar-refractivity contribution in [2.24, 2.45) is 5.92 Å². The Labute approximate surface area is 198 Å². The van der Waals surface area contributed by atoms with Crippen molar-refractivity contribution < 1.29 is 14.6 Å². The van der Waals surface area contributed by atoms with Crippen LogP contribution in [-0.2, 0) is 6.54 Å². The van der Waals surface area contributed by atoms with Crippen LogP contribution in [0.15, 0.2) is 49.7 Å². The van der Waals surface area contributed by atoms with Gasteiger partial charge in [0.05, 0.1) is 12.6 Å². The van der Waals surface area contributed by atoms with Gasteiger partial charge in [-0.15, -0.1) is 0 Å². The van der Waals surface area contributed by atoms with Crippen LogP contribution in [0.3, 0.4) is 0 Å². The van der Waals surface area contributed by atoms with E-state index in [1.54, 1.807) is 42.0 Å². The van der Waals surface area contributed by atoms with Crippen LogP contribution in [0.2, 0.25) is 0 Å². The number of likely N-dealkylation sites (N-methyl/N-ethyl adjacent to an activating group) is 1. The monoisotopic (exact) mass is 463 g/mol. The van der Waals surface area contributed by atoms with E-state index < -0.39 is 0 Å². The first-order chi connectivity index (χ1) is 16.5. The van der Waals surface area contributed by atoms with Gasteiger partial charge in [-0.2, -0.15) is 0 Å². The van der Waals surface area contributed by atoms with E-state index in [9.17, 15) is 9.90 Å². The molecule has 34 heavy (non-hydrogen) atoms. The standard InChI is InChI=1S/C24H29N7O3/c1-16-10-31(17(2)13-32)24(33)21-4-19(20-7-27-15-28-8-20)9-29-23(21)34-22(16)12-30(3)11-18-5-25-14-26-6-18/h4-9,14-17,22,32H,10-13H2,1-3H3/t16-,17+,22+/m1/s1. The van der Waals surface area contributed by atoms with E-state index in [1.165, 1.54) is 12.7 Å². The molecule has 0 unspecified atom stereocenters. The third-order valence-electron chi connectivity index (χ3n) is 5.97. The zero-order valence-electron chi connectivity index (χ0n) is 19.6. The largest absolute Gasteiger partial charge is 0.472 e. The molecular formula is C24H29N7O3. The average molecular weight is 464 g/mol. The van der Waals surface area contributed by atoms with Crippen molar-refractivity contribution in [3.8, 4) is 17.0 Å². The van der Waals surface area contributed by atoms with Gasteiger partial charge < -0.3 is 14.7 Å². The molecule has 1 aliphatic rings. The number of rotatable bonds is 7. The van der Waals surface area contributed by atoms with Gasteiger partial charge in [0, 0.05) is 73.2 Å². The third kappa shape index (κ3) is 5.35. The van der Waals surface area contributed by atoms with Crippen molar-refractivity contribution in [3.05, 3.63) is 60.8 Å². The lowest BCUT2D eigenvalue weighted by Gasteiger charge is -2.37. The Kier molecular flexibility index (Phi) is 7.39. The second-order valence-electron chi connectivity index (χ2n) is 8.77. The number of hydrogen-bond donors (Lipinski definition) is 1. The minimum absolute atomic E-state index is 0.00423. The van der Waals surface area contributed by atoms with Crippen LogP contribution in [-0.4, -0.2) is 84.6 Å². The number of hydrogen-bond acceptors (Lipinski definition) is 9. The lowest BCUT2D eigenvalue weighted by atomic mass is 9.99. The molecule has 1 aliphatic heterocycles. The minimum atomic E-state index is -0.343. The van der Waals surface area contributed by atoms with Crippen molar-refractivity contribution in [1.82, 2.24) is 34.7 Å². The van der Waals surface area contributed by atoms with Gasteiger partial charge in [0.2, 0.25) is 5.88 Å². The molecule has 0 aromatic carbocycles. The highest BCUT2D eigenvalue weighted by molar-refractivity contribution is 5.98. The Hall–Kier alpha value is -3.50. The zero-order chi connectivity index (χ0) is 24.1. The van der Waals surface area contributed by atoms with Crippen molar-refractivity contribution in [3.63, 3.8) is 0 Å². The predicted molar refractivity (Wildman–Crippen MR) is 125 cm³/mol. The topological polar surface area (TPSA) is 117 Å². The molecule has 0 aliphatic carbocycles. The average Bonchev–Trinajstić information content (AvgIpc) is 2.86. The van der Waals surface area contributed by atoms with Crippen LogP contribution in [0.1, 0.15) is 29.8 Å². The number of ether oxygens (including phenoxy) is 1. The molecule has 3 atom stereocenters. The van der Waals surface area contributed by atoms with Crippen LogP contribution >= 0.6 is 0 Å². The summed E-state index contributed by atoms with van der Waals surface area (Å²) < 4.78 is 6.36. The van der Waals surface area contributed by atoms with E-state index in [4.69, 9.17) is 4.74 Å². The summed E-state index contributed by atoms with van der Waals surface area (Å²) >= 11 is 0. The summed E-state index contributed by atoms with van der Waals surface area (Å²) in [6.45, 7) is 5.48. The van der Waals surface area contributed by atoms with E-state index in [2.05, 4.69) is 36.7 Å². The molecule has 1 N–H and O–H groups in total. The molecule has 1 amide bonds. The Morgan fingerprint density at radius 1 is 1.12 bits per heavy atom. The molecule has 0 spiro atoms. The molecule has 4 rings (SSSR count). The van der Waals surface area contributed by atoms with Crippen molar-refractivity contribution in [2.75, 3.05) is 26.7 Å². The van der Waals surface area contributed by atoms with Gasteiger partial charge in [-0.1, -0.05) is 6.92 Å². The maximum atomic E-state index is 13.5. The fraction of sp³-hybridized carbons (Fsp3) is 0.417. The highest BCUT2D eigenvalue weighted by atomic mass is 16.5. The lowest BCUT2D eigenvalue weighted by Crippen LogP contribution is -2.49. The number of aliphatic hydroxyl groups is 1. The van der Waals surface area contributed by atoms with Gasteiger partial charge in [-0.25, -0.2) is 24.9 Å². The van der Waals surface area contributed by atoms with E-state index in [0.29, 0.717) is 25.2 Å². The Balaban J connectivity index is 1.65. The minimum Gasteiger partial charge on any atom is -0.472 e. The molecule has 178 valence electrons. The van der Waals surface area contributed by atoms with Crippen LogP contribution in [0, 0.1) is 5.92 Å². The molecule has 0 saturated carbocycles. The van der Waals surface area contributed by atoms with E-state index in [1.807, 2.05) is 14.0 Å². The number of pyridine rings is 1. The number of carbonyl (C=O) groups is 1. The van der Waals surface area contributed by atoms with Gasteiger partial charge in [0.15, 0.2) is 0 Å². The molecule has 10 nitrogen and oxygen atoms in total. The number of aromatic nitrogens is 5. The molecule has 4 heterocycles. The van der Waals surface area contributed by atoms with Gasteiger partial charge in [0.1, 0.15) is 24.3 Å². The Morgan fingerprint density at radius 3 is 2.47 bits per heavy atom. The van der Waals surface area contributed by atoms with Crippen LogP contribution in [0.25, 0.3) is 11.1 Å². The quantitative estimate of drug-likeness (QED) is 0.558. The maximum absolute atomic E-state index is 13.5. The second-order valence-corrected chi connectivity index (χ2v) is 8.77. The summed E-state index contributed by atoms with van der Waals surface area (Å²) in [6.07, 6.45) is 11.3. The van der Waals surface area contributed by atoms with Crippen molar-refractivity contribution in [2.45, 2.75) is 32.5 Å². The maximum Gasteiger partial charge on any atom is 0.259 e. The molecule has 3 aromatic rings. The number of amides is 1. The summed E-state index contributed by atoms with van der Waals surface area (Å²) in [5.41, 5.74) is 2.84. The Morgan fingerprint density at radius 2 is 1.79 bits per heavy atom. The van der Waals surface area contributed by atoms with Crippen LogP contribution in [0.4, 0.5) is 0 Å². The van der Waals surface area contributed by atoms with Gasteiger partial charge in [-0.05, 0) is 20.0 Å². The normalized spacial score (nSPS) is 19.2. The number of carbonyl (C=O) groups excluding carboxylic acids is 1. The molecule has 3 aromatic heterocycles. The SMILES string of the molecule is C[C@@H]1CN([C@@H](C)CO)C(=O)c2cc(-c3cncnc3)cnc2O[C@H]1CN(C)Cc1cncnc1. The van der Waals surface area contributed by atoms with E-state index in [-0.39, 0.29) is 36.5 Å². The smallest absolute Gasteiger partial charge is 0.259 e. The van der Waals surface area contributed by atoms with Gasteiger partial charge in [-0.3, -0.25) is 9.69 Å². The fourth-order valence-corrected chi connectivity index (χ4v) is 4.02. The summed E-state index contributed by atoms with van der Waals surface area (Å²) in [4.78, 5) is 38.2. The first-order valence-electron chi connectivity index (χ1n) is 11.2. The van der Waals surface area contributed by atoms with Gasteiger partial charge in [0.25, 0.3) is 5.91 Å². The number of fused-ring (bicyclic) bond motifs is 1. The molecule has 0 fully saturated rings. The van der Waals surface area contributed by atoms with Crippen LogP contribution < -0.4 is 4.74 Å². The molecular weight excluding hydrogens is 434 g/mol. The number of nitrogens with zero attached hydrogens (tertiary/aromatic N) is 7. The van der Waals surface area contributed by atoms with Crippen molar-refractivity contribution >= 4 is 5.91 Å². The van der Waals surface area contributed by atoms with E-state index >= 15 is 0 Å². The third-order valence-corrected chi connectivity index (χ3v) is 5.97. The lowest BCUT2D eigenvalue weighted by molar-refractivity contribution is 0.0325. The number of aliphatic hydroxyl groups excluding tert-OH is 1. The van der Waals surface area contributed by atoms with Gasteiger partial charge >= 0.3 is 0 Å². The van der Waals surface area contributed by atoms with Crippen molar-refractivity contribution in [1.29, 1.82) is 0 Å². The predicted octanol–water partition coefficient (Wildman–Crippen LogP) is 1.68. The summed E-state index contributed by atoms with van der Waals surface area (Å²) in [5.74, 6) is 0.0705. The molecule has 0 bridgehead atoms. The summed E-state index contributed by atoms with van der Waals surface area (Å²) in [5, 5.41) is 9.83. The summed E-state index contributed by atoms with van der Waals surface area (Å²) in [7, 11) is 2.01. The first-order valence-corrected chi connectivity index (χ1v) is 11.2. The highest BCUT2D eigenvalue weighted by Crippen LogP contribution is 2.30. The molecule has 0 saturated heterocycles. The summed E-state index contributed by atoms with van der Waals surface area (Å²) in [6, 6.07) is 1.42. The second kappa shape index (κ2) is 10.6. The van der Waals surface area contributed by atoms with Crippen LogP contribution in [0.5, 0.6) is 5.88 Å². The fourth-order valence-electron chi connectivity index (χ4n) is 4.02.